The molecule has 0 saturated carbocycles. The number of nitrogens with zero attached hydrogens (tertiary/aromatic N) is 2. The third-order valence-electron chi connectivity index (χ3n) is 8.33. The number of amides is 1. The van der Waals surface area contributed by atoms with Crippen molar-refractivity contribution < 1.29 is 32.2 Å². The molecule has 0 radical (unpaired) electrons. The molecule has 2 atom stereocenters. The molecule has 0 unspecified atom stereocenters. The first-order valence-electron chi connectivity index (χ1n) is 15.6. The summed E-state index contributed by atoms with van der Waals surface area (Å²) >= 11 is 0. The summed E-state index contributed by atoms with van der Waals surface area (Å²) in [5, 5.41) is 0. The highest BCUT2D eigenvalue weighted by Crippen LogP contribution is 2.46. The number of rotatable bonds is 12. The molecule has 2 aliphatic heterocycles. The number of aliphatic imine (C=N–C) groups is 1. The molecule has 47 heavy (non-hydrogen) atoms. The Bertz CT molecular complexity index is 1860. The van der Waals surface area contributed by atoms with E-state index in [4.69, 9.17) is 19.2 Å². The van der Waals surface area contributed by atoms with Crippen LogP contribution in [0.25, 0.3) is 0 Å². The lowest BCUT2D eigenvalue weighted by atomic mass is 9.81. The number of carbonyl (C=O) groups is 2. The number of fused-ring (bicyclic) bond motifs is 3. The second-order valence-electron chi connectivity index (χ2n) is 11.6. The van der Waals surface area contributed by atoms with Gasteiger partial charge in [-0.2, -0.15) is 0 Å². The SMILES string of the molecule is CC(=O)OCCCOc1ccc(C2=N[C@]3(Cc4ccccc4)C(=O)N(CCS(=O)(=O)c4ccccc4)Cc4ccccc4[C@@H]3O2)cc1. The largest absolute Gasteiger partial charge is 0.493 e. The Morgan fingerprint density at radius 1 is 0.915 bits per heavy atom. The van der Waals surface area contributed by atoms with Crippen molar-refractivity contribution in [3.05, 3.63) is 131 Å². The van der Waals surface area contributed by atoms with Gasteiger partial charge in [0.25, 0.3) is 5.91 Å². The van der Waals surface area contributed by atoms with E-state index in [0.717, 1.165) is 16.7 Å². The van der Waals surface area contributed by atoms with Gasteiger partial charge in [-0.1, -0.05) is 72.8 Å². The smallest absolute Gasteiger partial charge is 0.302 e. The van der Waals surface area contributed by atoms with E-state index in [1.54, 1.807) is 35.2 Å². The van der Waals surface area contributed by atoms with Crippen LogP contribution in [0.2, 0.25) is 0 Å². The zero-order valence-electron chi connectivity index (χ0n) is 26.1. The van der Waals surface area contributed by atoms with E-state index in [1.807, 2.05) is 78.9 Å². The molecule has 0 saturated heterocycles. The Morgan fingerprint density at radius 3 is 2.32 bits per heavy atom. The monoisotopic (exact) mass is 652 g/mol. The second kappa shape index (κ2) is 13.8. The number of sulfone groups is 1. The third-order valence-corrected chi connectivity index (χ3v) is 10.0. The molecule has 0 N–H and O–H groups in total. The summed E-state index contributed by atoms with van der Waals surface area (Å²) in [7, 11) is -3.64. The Balaban J connectivity index is 1.33. The lowest BCUT2D eigenvalue weighted by Crippen LogP contribution is -2.50. The van der Waals surface area contributed by atoms with Gasteiger partial charge in [-0.15, -0.1) is 0 Å². The maximum absolute atomic E-state index is 14.8. The highest BCUT2D eigenvalue weighted by Gasteiger charge is 2.56. The van der Waals surface area contributed by atoms with Crippen molar-refractivity contribution in [1.29, 1.82) is 0 Å². The van der Waals surface area contributed by atoms with Crippen LogP contribution in [0.1, 0.15) is 41.7 Å². The third kappa shape index (κ3) is 7.07. The first kappa shape index (κ1) is 32.0. The van der Waals surface area contributed by atoms with Crippen LogP contribution in [0.4, 0.5) is 0 Å². The molecule has 10 heteroatoms. The molecule has 4 aromatic carbocycles. The fourth-order valence-electron chi connectivity index (χ4n) is 6.00. The van der Waals surface area contributed by atoms with Crippen LogP contribution < -0.4 is 4.74 Å². The molecule has 4 aromatic rings. The first-order valence-corrected chi connectivity index (χ1v) is 17.2. The summed E-state index contributed by atoms with van der Waals surface area (Å²) in [4.78, 5) is 32.7. The van der Waals surface area contributed by atoms with Crippen molar-refractivity contribution in [3.8, 4) is 5.75 Å². The highest BCUT2D eigenvalue weighted by atomic mass is 32.2. The van der Waals surface area contributed by atoms with E-state index in [2.05, 4.69) is 0 Å². The van der Waals surface area contributed by atoms with E-state index < -0.39 is 21.5 Å². The number of carbonyl (C=O) groups excluding carboxylic acids is 2. The zero-order valence-corrected chi connectivity index (χ0v) is 26.9. The van der Waals surface area contributed by atoms with Crippen molar-refractivity contribution in [2.45, 2.75) is 42.8 Å². The van der Waals surface area contributed by atoms with E-state index in [-0.39, 0.29) is 48.6 Å². The summed E-state index contributed by atoms with van der Waals surface area (Å²) in [6, 6.07) is 33.0. The molecule has 6 rings (SSSR count). The number of hydrogen-bond acceptors (Lipinski definition) is 8. The maximum atomic E-state index is 14.8. The van der Waals surface area contributed by atoms with Crippen LogP contribution in [0.5, 0.6) is 5.75 Å². The minimum atomic E-state index is -3.64. The molecule has 0 spiro atoms. The van der Waals surface area contributed by atoms with Crippen molar-refractivity contribution in [2.75, 3.05) is 25.5 Å². The van der Waals surface area contributed by atoms with E-state index in [1.165, 1.54) is 6.92 Å². The second-order valence-corrected chi connectivity index (χ2v) is 13.7. The summed E-state index contributed by atoms with van der Waals surface area (Å²) in [6.45, 7) is 2.28. The Labute approximate surface area is 274 Å². The first-order chi connectivity index (χ1) is 22.7. The van der Waals surface area contributed by atoms with Gasteiger partial charge in [0.05, 0.1) is 23.9 Å². The van der Waals surface area contributed by atoms with Crippen molar-refractivity contribution in [3.63, 3.8) is 0 Å². The lowest BCUT2D eigenvalue weighted by Gasteiger charge is -2.32. The number of benzene rings is 4. The molecule has 2 heterocycles. The average Bonchev–Trinajstić information content (AvgIpc) is 3.43. The van der Waals surface area contributed by atoms with Crippen LogP contribution in [-0.2, 0) is 41.9 Å². The van der Waals surface area contributed by atoms with Gasteiger partial charge in [-0.05, 0) is 47.5 Å². The topological polar surface area (TPSA) is 112 Å². The summed E-state index contributed by atoms with van der Waals surface area (Å²) in [5.74, 6) is 0.129. The molecular formula is C37H36N2O7S. The molecular weight excluding hydrogens is 616 g/mol. The van der Waals surface area contributed by atoms with E-state index in [9.17, 15) is 18.0 Å². The Hall–Kier alpha value is -4.96. The van der Waals surface area contributed by atoms with Crippen LogP contribution in [-0.4, -0.2) is 62.1 Å². The molecule has 0 aliphatic carbocycles. The van der Waals surface area contributed by atoms with E-state index >= 15 is 0 Å². The van der Waals surface area contributed by atoms with Crippen molar-refractivity contribution in [2.24, 2.45) is 4.99 Å². The molecule has 2 aliphatic rings. The van der Waals surface area contributed by atoms with Gasteiger partial charge in [-0.25, -0.2) is 13.4 Å². The predicted molar refractivity (Wildman–Crippen MR) is 177 cm³/mol. The lowest BCUT2D eigenvalue weighted by molar-refractivity contribution is -0.141. The average molecular weight is 653 g/mol. The number of ether oxygens (including phenoxy) is 3. The van der Waals surface area contributed by atoms with Gasteiger partial charge < -0.3 is 19.1 Å². The number of esters is 1. The molecule has 0 fully saturated rings. The molecule has 9 nitrogen and oxygen atoms in total. The summed E-state index contributed by atoms with van der Waals surface area (Å²) in [6.07, 6.45) is 0.0981. The highest BCUT2D eigenvalue weighted by molar-refractivity contribution is 7.91. The van der Waals surface area contributed by atoms with Gasteiger partial charge in [0.15, 0.2) is 21.5 Å². The van der Waals surface area contributed by atoms with Crippen LogP contribution in [0.15, 0.2) is 119 Å². The Kier molecular flexibility index (Phi) is 9.40. The normalized spacial score (nSPS) is 18.7. The molecule has 242 valence electrons. The molecule has 1 amide bonds. The zero-order chi connectivity index (χ0) is 32.9. The van der Waals surface area contributed by atoms with Crippen molar-refractivity contribution >= 4 is 27.6 Å². The summed E-state index contributed by atoms with van der Waals surface area (Å²) in [5.41, 5.74) is 1.95. The van der Waals surface area contributed by atoms with Crippen LogP contribution in [0.3, 0.4) is 0 Å². The minimum absolute atomic E-state index is 0.00198. The molecule has 0 bridgehead atoms. The van der Waals surface area contributed by atoms with Crippen LogP contribution in [0, 0.1) is 0 Å². The van der Waals surface area contributed by atoms with Gasteiger partial charge in [0.2, 0.25) is 5.90 Å². The fourth-order valence-corrected chi connectivity index (χ4v) is 7.27. The minimum Gasteiger partial charge on any atom is -0.493 e. The standard InChI is InChI=1S/C37H36N2O7S/c1-27(40)44-22-10-23-45-31-19-17-29(18-20-31)35-38-37(25-28-11-4-2-5-12-28)34(46-35)33-16-9-8-13-30(33)26-39(36(37)41)21-24-47(42,43)32-14-6-3-7-15-32/h2-9,11-20,34H,10,21-26H2,1H3/t34-,37-/m0/s1. The van der Waals surface area contributed by atoms with Crippen molar-refractivity contribution in [1.82, 2.24) is 4.90 Å². The van der Waals surface area contributed by atoms with Crippen LogP contribution >= 0.6 is 0 Å². The number of hydrogen-bond donors (Lipinski definition) is 0. The van der Waals surface area contributed by atoms with Gasteiger partial charge >= 0.3 is 5.97 Å². The van der Waals surface area contributed by atoms with Gasteiger partial charge in [-0.3, -0.25) is 9.59 Å². The van der Waals surface area contributed by atoms with Gasteiger partial charge in [0, 0.05) is 44.0 Å². The predicted octanol–water partition coefficient (Wildman–Crippen LogP) is 5.33. The quantitative estimate of drug-likeness (QED) is 0.150. The Morgan fingerprint density at radius 2 is 1.60 bits per heavy atom. The van der Waals surface area contributed by atoms with E-state index in [0.29, 0.717) is 30.2 Å². The maximum Gasteiger partial charge on any atom is 0.302 e. The fraction of sp³-hybridized carbons (Fsp3) is 0.270. The summed E-state index contributed by atoms with van der Waals surface area (Å²) < 4.78 is 44.0. The van der Waals surface area contributed by atoms with Gasteiger partial charge in [0.1, 0.15) is 5.75 Å². The molecule has 0 aromatic heterocycles.